The third-order valence-electron chi connectivity index (χ3n) is 7.56. The summed E-state index contributed by atoms with van der Waals surface area (Å²) in [5.74, 6) is 0.0294. The quantitative estimate of drug-likeness (QED) is 0.332. The predicted octanol–water partition coefficient (Wildman–Crippen LogP) is 6.72. The molecule has 2 saturated heterocycles. The number of fused-ring (bicyclic) bond motifs is 2. The van der Waals surface area contributed by atoms with Gasteiger partial charge in [-0.15, -0.1) is 0 Å². The average molecular weight is 510 g/mol. The molecule has 1 aromatic heterocycles. The molecule has 4 aromatic rings. The lowest BCUT2D eigenvalue weighted by Crippen LogP contribution is -2.56. The maximum Gasteiger partial charge on any atom is 0.158 e. The molecule has 36 heavy (non-hydrogen) atoms. The number of piperidine rings is 1. The van der Waals surface area contributed by atoms with E-state index in [1.807, 2.05) is 6.92 Å². The van der Waals surface area contributed by atoms with Crippen molar-refractivity contribution in [1.29, 1.82) is 0 Å². The fourth-order valence-corrected chi connectivity index (χ4v) is 6.10. The molecule has 186 valence electrons. The number of aryl methyl sites for hydroxylation is 2. The Kier molecular flexibility index (Phi) is 5.54. The van der Waals surface area contributed by atoms with Crippen LogP contribution in [0.4, 0.5) is 14.6 Å². The third-order valence-corrected chi connectivity index (χ3v) is 7.85. The zero-order chi connectivity index (χ0) is 25.2. The van der Waals surface area contributed by atoms with E-state index in [0.29, 0.717) is 51.9 Å². The number of halogens is 3. The van der Waals surface area contributed by atoms with E-state index in [9.17, 15) is 9.50 Å². The minimum absolute atomic E-state index is 0.0552. The first-order chi connectivity index (χ1) is 17.3. The summed E-state index contributed by atoms with van der Waals surface area (Å²) in [4.78, 5) is 11.3. The first kappa shape index (κ1) is 23.4. The van der Waals surface area contributed by atoms with Crippen LogP contribution in [-0.4, -0.2) is 40.4 Å². The lowest BCUT2D eigenvalue weighted by atomic mass is 9.85. The summed E-state index contributed by atoms with van der Waals surface area (Å²) in [6, 6.07) is 7.62. The SMILES string of the molecule is CCc1c(F)ccc2cc(O)cc(-c3c(Cl)cc4c(N5CCC[C@]6(CCO6)C5)nc(C)nc4c3F)c12. The van der Waals surface area contributed by atoms with Gasteiger partial charge in [-0.1, -0.05) is 24.6 Å². The second-order valence-corrected chi connectivity index (χ2v) is 10.2. The summed E-state index contributed by atoms with van der Waals surface area (Å²) in [5, 5.41) is 12.2. The van der Waals surface area contributed by atoms with Crippen LogP contribution in [0.2, 0.25) is 5.02 Å². The third kappa shape index (κ3) is 3.59. The van der Waals surface area contributed by atoms with Crippen LogP contribution in [0.15, 0.2) is 30.3 Å². The van der Waals surface area contributed by atoms with Crippen LogP contribution >= 0.6 is 11.6 Å². The topological polar surface area (TPSA) is 58.5 Å². The highest BCUT2D eigenvalue weighted by molar-refractivity contribution is 6.35. The molecule has 0 radical (unpaired) electrons. The van der Waals surface area contributed by atoms with Crippen molar-refractivity contribution in [2.45, 2.75) is 45.1 Å². The molecule has 0 saturated carbocycles. The summed E-state index contributed by atoms with van der Waals surface area (Å²) in [7, 11) is 0. The summed E-state index contributed by atoms with van der Waals surface area (Å²) >= 11 is 6.76. The van der Waals surface area contributed by atoms with Crippen molar-refractivity contribution in [2.75, 3.05) is 24.6 Å². The van der Waals surface area contributed by atoms with Crippen LogP contribution in [-0.2, 0) is 11.2 Å². The molecule has 2 aliphatic heterocycles. The van der Waals surface area contributed by atoms with Gasteiger partial charge in [-0.25, -0.2) is 18.7 Å². The molecule has 1 spiro atoms. The van der Waals surface area contributed by atoms with Crippen molar-refractivity contribution in [3.05, 3.63) is 58.4 Å². The fraction of sp³-hybridized carbons (Fsp3) is 0.357. The van der Waals surface area contributed by atoms with Crippen molar-refractivity contribution in [2.24, 2.45) is 0 Å². The summed E-state index contributed by atoms with van der Waals surface area (Å²) in [6.45, 7) is 5.82. The van der Waals surface area contributed by atoms with E-state index in [0.717, 1.165) is 32.4 Å². The average Bonchev–Trinajstić information content (AvgIpc) is 2.83. The number of hydrogen-bond donors (Lipinski definition) is 1. The number of hydrogen-bond acceptors (Lipinski definition) is 5. The van der Waals surface area contributed by atoms with Crippen LogP contribution in [0.3, 0.4) is 0 Å². The van der Waals surface area contributed by atoms with Gasteiger partial charge in [0.05, 0.1) is 17.2 Å². The van der Waals surface area contributed by atoms with Gasteiger partial charge in [-0.05, 0) is 72.4 Å². The standard InChI is InChI=1S/C28H26ClF2N3O2/c1-3-18-22(30)6-5-16-11-17(35)12-19(23(16)18)24-21(29)13-20-26(25(24)31)32-15(2)33-27(20)34-9-4-7-28(14-34)8-10-36-28/h5-6,11-13,35H,3-4,7-10,14H2,1-2H3/t28-/m0/s1. The molecule has 0 unspecified atom stereocenters. The smallest absolute Gasteiger partial charge is 0.158 e. The van der Waals surface area contributed by atoms with Crippen LogP contribution < -0.4 is 4.90 Å². The monoisotopic (exact) mass is 509 g/mol. The highest BCUT2D eigenvalue weighted by Crippen LogP contribution is 2.44. The Labute approximate surface area is 212 Å². The molecular formula is C28H26ClF2N3O2. The van der Waals surface area contributed by atoms with E-state index in [2.05, 4.69) is 14.9 Å². The number of nitrogens with zero attached hydrogens (tertiary/aromatic N) is 3. The van der Waals surface area contributed by atoms with E-state index in [-0.39, 0.29) is 33.3 Å². The van der Waals surface area contributed by atoms with Crippen molar-refractivity contribution in [3.63, 3.8) is 0 Å². The van der Waals surface area contributed by atoms with Crippen molar-refractivity contribution < 1.29 is 18.6 Å². The lowest BCUT2D eigenvalue weighted by molar-refractivity contribution is -0.151. The van der Waals surface area contributed by atoms with E-state index in [1.54, 1.807) is 25.1 Å². The number of rotatable bonds is 3. The molecule has 2 fully saturated rings. The highest BCUT2D eigenvalue weighted by atomic mass is 35.5. The zero-order valence-electron chi connectivity index (χ0n) is 20.2. The number of benzene rings is 3. The molecule has 3 heterocycles. The largest absolute Gasteiger partial charge is 0.508 e. The van der Waals surface area contributed by atoms with Crippen molar-refractivity contribution >= 4 is 39.1 Å². The number of aromatic nitrogens is 2. The summed E-state index contributed by atoms with van der Waals surface area (Å²) in [6.07, 6.45) is 3.37. The van der Waals surface area contributed by atoms with Gasteiger partial charge in [0.2, 0.25) is 0 Å². The molecule has 2 aliphatic rings. The minimum Gasteiger partial charge on any atom is -0.508 e. The molecule has 0 bridgehead atoms. The molecule has 5 nitrogen and oxygen atoms in total. The Morgan fingerprint density at radius 1 is 1.17 bits per heavy atom. The Balaban J connectivity index is 1.60. The molecule has 3 aromatic carbocycles. The Bertz CT molecular complexity index is 1540. The Morgan fingerprint density at radius 2 is 1.97 bits per heavy atom. The zero-order valence-corrected chi connectivity index (χ0v) is 20.9. The Morgan fingerprint density at radius 3 is 2.69 bits per heavy atom. The van der Waals surface area contributed by atoms with Crippen LogP contribution in [0.5, 0.6) is 5.75 Å². The van der Waals surface area contributed by atoms with Gasteiger partial charge in [0.15, 0.2) is 5.82 Å². The summed E-state index contributed by atoms with van der Waals surface area (Å²) in [5.41, 5.74) is 0.858. The van der Waals surface area contributed by atoms with Gasteiger partial charge < -0.3 is 14.7 Å². The molecule has 8 heteroatoms. The first-order valence-corrected chi connectivity index (χ1v) is 12.7. The van der Waals surface area contributed by atoms with Crippen LogP contribution in [0, 0.1) is 18.6 Å². The van der Waals surface area contributed by atoms with E-state index >= 15 is 4.39 Å². The minimum atomic E-state index is -0.617. The van der Waals surface area contributed by atoms with E-state index < -0.39 is 5.82 Å². The Hall–Kier alpha value is -3.03. The normalized spacial score (nSPS) is 19.9. The molecule has 1 atom stereocenters. The van der Waals surface area contributed by atoms with Gasteiger partial charge in [-0.3, -0.25) is 0 Å². The number of anilines is 1. The fourth-order valence-electron chi connectivity index (χ4n) is 5.81. The van der Waals surface area contributed by atoms with Gasteiger partial charge in [0.25, 0.3) is 0 Å². The van der Waals surface area contributed by atoms with Gasteiger partial charge in [0, 0.05) is 30.5 Å². The predicted molar refractivity (Wildman–Crippen MR) is 138 cm³/mol. The first-order valence-electron chi connectivity index (χ1n) is 12.3. The second kappa shape index (κ2) is 8.53. The molecule has 6 rings (SSSR count). The second-order valence-electron chi connectivity index (χ2n) is 9.82. The lowest BCUT2D eigenvalue weighted by Gasteiger charge is -2.49. The maximum atomic E-state index is 16.4. The molecule has 0 aliphatic carbocycles. The van der Waals surface area contributed by atoms with Gasteiger partial charge in [0.1, 0.15) is 28.7 Å². The van der Waals surface area contributed by atoms with Crippen molar-refractivity contribution in [1.82, 2.24) is 9.97 Å². The maximum absolute atomic E-state index is 16.4. The molecule has 1 N–H and O–H groups in total. The van der Waals surface area contributed by atoms with E-state index in [1.165, 1.54) is 12.1 Å². The number of phenols is 1. The number of aromatic hydroxyl groups is 1. The molecular weight excluding hydrogens is 484 g/mol. The number of ether oxygens (including phenoxy) is 1. The van der Waals surface area contributed by atoms with Gasteiger partial charge >= 0.3 is 0 Å². The van der Waals surface area contributed by atoms with Crippen LogP contribution in [0.25, 0.3) is 32.8 Å². The number of phenolic OH excluding ortho intramolecular Hbond substituents is 1. The van der Waals surface area contributed by atoms with Crippen molar-refractivity contribution in [3.8, 4) is 16.9 Å². The summed E-state index contributed by atoms with van der Waals surface area (Å²) < 4.78 is 37.0. The van der Waals surface area contributed by atoms with Crippen LogP contribution in [0.1, 0.15) is 37.6 Å². The van der Waals surface area contributed by atoms with E-state index in [4.69, 9.17) is 16.3 Å². The molecule has 0 amide bonds. The van der Waals surface area contributed by atoms with Gasteiger partial charge in [-0.2, -0.15) is 0 Å². The highest BCUT2D eigenvalue weighted by Gasteiger charge is 2.42.